The minimum Gasteiger partial charge on any atom is -0.481 e. The third kappa shape index (κ3) is 32.8. The molecule has 0 aromatic carbocycles. The van der Waals surface area contributed by atoms with Gasteiger partial charge in [-0.05, 0) is 6.42 Å². The van der Waals surface area contributed by atoms with Crippen LogP contribution in [0.1, 0.15) is 219 Å². The van der Waals surface area contributed by atoms with Crippen molar-refractivity contribution in [2.45, 2.75) is 224 Å². The first kappa shape index (κ1) is 44.9. The van der Waals surface area contributed by atoms with Crippen LogP contribution < -0.4 is 0 Å². The molecule has 0 heterocycles. The molecular weight excluding hydrogens is 600 g/mol. The van der Waals surface area contributed by atoms with E-state index in [0.29, 0.717) is 6.42 Å². The van der Waals surface area contributed by atoms with Crippen LogP contribution in [0.5, 0.6) is 0 Å². The minimum atomic E-state index is -4.80. The predicted molar refractivity (Wildman–Crippen MR) is 192 cm³/mol. The smallest absolute Gasteiger partial charge is 0.327 e. The molecule has 274 valence electrons. The Bertz CT molecular complexity index is 784. The van der Waals surface area contributed by atoms with Gasteiger partial charge in [-0.25, -0.2) is 0 Å². The maximum absolute atomic E-state index is 11.8. The summed E-state index contributed by atoms with van der Waals surface area (Å²) in [6.45, 7) is 2.32. The Morgan fingerprint density at radius 1 is 0.478 bits per heavy atom. The van der Waals surface area contributed by atoms with E-state index in [-0.39, 0.29) is 6.61 Å². The van der Waals surface area contributed by atoms with E-state index in [1.807, 2.05) is 0 Å². The van der Waals surface area contributed by atoms with Crippen molar-refractivity contribution < 1.29 is 32.4 Å². The fourth-order valence-corrected chi connectivity index (χ4v) is 6.88. The number of aliphatic carboxylic acids is 1. The van der Waals surface area contributed by atoms with Crippen molar-refractivity contribution in [2.24, 2.45) is 0 Å². The van der Waals surface area contributed by atoms with Crippen molar-refractivity contribution in [3.8, 4) is 0 Å². The van der Waals surface area contributed by atoms with Gasteiger partial charge in [0, 0.05) is 0 Å². The zero-order chi connectivity index (χ0) is 34.0. The summed E-state index contributed by atoms with van der Waals surface area (Å²) in [6, 6.07) is 0. The van der Waals surface area contributed by atoms with Crippen LogP contribution >= 0.6 is 0 Å². The lowest BCUT2D eigenvalue weighted by molar-refractivity contribution is -0.147. The fraction of sp³-hybridized carbons (Fsp3) is 0.947. The summed E-state index contributed by atoms with van der Waals surface area (Å²) in [4.78, 5) is 22.5. The SMILES string of the molecule is CCCCCCCCCCCCCCCCCCCCCCCCCCCCCCCCCCOC(=O)C(CC(=O)O)S(=O)(=O)O. The van der Waals surface area contributed by atoms with Gasteiger partial charge >= 0.3 is 11.9 Å². The first-order chi connectivity index (χ1) is 22.3. The molecule has 0 saturated carbocycles. The standard InChI is InChI=1S/C38H74O7S/c1-2-3-4-5-6-7-8-9-10-11-12-13-14-15-16-17-18-19-20-21-22-23-24-25-26-27-28-29-30-31-32-33-34-45-38(41)36(35-37(39)40)46(42,43)44/h36H,2-35H2,1H3,(H,39,40)(H,42,43,44). The van der Waals surface area contributed by atoms with E-state index in [2.05, 4.69) is 6.92 Å². The van der Waals surface area contributed by atoms with E-state index in [9.17, 15) is 18.0 Å². The highest BCUT2D eigenvalue weighted by atomic mass is 32.2. The van der Waals surface area contributed by atoms with Crippen LogP contribution in [0, 0.1) is 0 Å². The number of esters is 1. The second kappa shape index (κ2) is 33.7. The van der Waals surface area contributed by atoms with Crippen molar-refractivity contribution in [3.63, 3.8) is 0 Å². The summed E-state index contributed by atoms with van der Waals surface area (Å²) in [7, 11) is -4.80. The van der Waals surface area contributed by atoms with Crippen molar-refractivity contribution in [1.82, 2.24) is 0 Å². The molecule has 0 aliphatic rings. The van der Waals surface area contributed by atoms with Crippen molar-refractivity contribution in [2.75, 3.05) is 6.61 Å². The lowest BCUT2D eigenvalue weighted by atomic mass is 10.0. The van der Waals surface area contributed by atoms with Gasteiger partial charge in [0.05, 0.1) is 13.0 Å². The average Bonchev–Trinajstić information content (AvgIpc) is 3.01. The largest absolute Gasteiger partial charge is 0.481 e. The van der Waals surface area contributed by atoms with Crippen LogP contribution in [0.3, 0.4) is 0 Å². The summed E-state index contributed by atoms with van der Waals surface area (Å²) < 4.78 is 36.2. The number of rotatable bonds is 37. The molecule has 0 spiro atoms. The third-order valence-corrected chi connectivity index (χ3v) is 10.3. The molecule has 0 fully saturated rings. The summed E-state index contributed by atoms with van der Waals surface area (Å²) in [6.07, 6.45) is 41.9. The van der Waals surface area contributed by atoms with E-state index in [1.165, 1.54) is 180 Å². The average molecular weight is 675 g/mol. The van der Waals surface area contributed by atoms with Crippen molar-refractivity contribution in [3.05, 3.63) is 0 Å². The first-order valence-corrected chi connectivity index (χ1v) is 21.1. The lowest BCUT2D eigenvalue weighted by Gasteiger charge is -2.11. The lowest BCUT2D eigenvalue weighted by Crippen LogP contribution is -2.34. The second-order valence-electron chi connectivity index (χ2n) is 13.7. The zero-order valence-electron chi connectivity index (χ0n) is 30.0. The predicted octanol–water partition coefficient (Wildman–Crippen LogP) is 11.8. The quantitative estimate of drug-likeness (QED) is 0.0382. The molecule has 1 atom stereocenters. The first-order valence-electron chi connectivity index (χ1n) is 19.6. The van der Waals surface area contributed by atoms with Gasteiger partial charge < -0.3 is 9.84 Å². The molecule has 0 bridgehead atoms. The van der Waals surface area contributed by atoms with Gasteiger partial charge in [-0.1, -0.05) is 206 Å². The third-order valence-electron chi connectivity index (χ3n) is 9.22. The molecule has 46 heavy (non-hydrogen) atoms. The number of unbranched alkanes of at least 4 members (excludes halogenated alkanes) is 31. The molecule has 0 saturated heterocycles. The van der Waals surface area contributed by atoms with Crippen LogP contribution in [0.15, 0.2) is 0 Å². The number of carbonyl (C=O) groups excluding carboxylic acids is 1. The molecule has 2 N–H and O–H groups in total. The Balaban J connectivity index is 3.25. The monoisotopic (exact) mass is 675 g/mol. The molecule has 0 aliphatic heterocycles. The summed E-state index contributed by atoms with van der Waals surface area (Å²) >= 11 is 0. The van der Waals surface area contributed by atoms with E-state index in [0.717, 1.165) is 19.3 Å². The number of hydrogen-bond acceptors (Lipinski definition) is 5. The van der Waals surface area contributed by atoms with Gasteiger partial charge in [0.25, 0.3) is 10.1 Å². The number of carboxylic acids is 1. The molecule has 7 nitrogen and oxygen atoms in total. The van der Waals surface area contributed by atoms with Gasteiger partial charge in [-0.15, -0.1) is 0 Å². The molecule has 0 aromatic heterocycles. The minimum absolute atomic E-state index is 0.0318. The summed E-state index contributed by atoms with van der Waals surface area (Å²) in [5.41, 5.74) is 0. The van der Waals surface area contributed by atoms with Crippen LogP contribution in [0.4, 0.5) is 0 Å². The number of carbonyl (C=O) groups is 2. The molecule has 0 aromatic rings. The highest BCUT2D eigenvalue weighted by Crippen LogP contribution is 2.17. The van der Waals surface area contributed by atoms with E-state index in [1.54, 1.807) is 0 Å². The van der Waals surface area contributed by atoms with Gasteiger partial charge in [-0.2, -0.15) is 8.42 Å². The second-order valence-corrected chi connectivity index (χ2v) is 15.3. The number of carboxylic acid groups (broad SMARTS) is 1. The zero-order valence-corrected chi connectivity index (χ0v) is 30.8. The van der Waals surface area contributed by atoms with E-state index < -0.39 is 33.7 Å². The van der Waals surface area contributed by atoms with Gasteiger partial charge in [0.2, 0.25) is 0 Å². The van der Waals surface area contributed by atoms with Crippen LogP contribution in [-0.4, -0.2) is 41.9 Å². The maximum atomic E-state index is 11.8. The van der Waals surface area contributed by atoms with Crippen LogP contribution in [0.2, 0.25) is 0 Å². The maximum Gasteiger partial charge on any atom is 0.327 e. The Kier molecular flexibility index (Phi) is 32.9. The molecule has 0 rings (SSSR count). The summed E-state index contributed by atoms with van der Waals surface area (Å²) in [5, 5.41) is 6.64. The highest BCUT2D eigenvalue weighted by Gasteiger charge is 2.34. The normalized spacial score (nSPS) is 12.4. The van der Waals surface area contributed by atoms with Crippen molar-refractivity contribution >= 4 is 22.1 Å². The van der Waals surface area contributed by atoms with Gasteiger partial charge in [0.1, 0.15) is 0 Å². The Morgan fingerprint density at radius 2 is 0.717 bits per heavy atom. The molecular formula is C38H74O7S. The Morgan fingerprint density at radius 3 is 0.935 bits per heavy atom. The van der Waals surface area contributed by atoms with Crippen LogP contribution in [0.25, 0.3) is 0 Å². The van der Waals surface area contributed by atoms with Gasteiger partial charge in [-0.3, -0.25) is 14.1 Å². The topological polar surface area (TPSA) is 118 Å². The fourth-order valence-electron chi connectivity index (χ4n) is 6.21. The van der Waals surface area contributed by atoms with E-state index >= 15 is 0 Å². The van der Waals surface area contributed by atoms with Crippen molar-refractivity contribution in [1.29, 1.82) is 0 Å². The van der Waals surface area contributed by atoms with Crippen LogP contribution in [-0.2, 0) is 24.4 Å². The molecule has 0 amide bonds. The highest BCUT2D eigenvalue weighted by molar-refractivity contribution is 7.87. The number of ether oxygens (including phenoxy) is 1. The molecule has 1 unspecified atom stereocenters. The van der Waals surface area contributed by atoms with E-state index in [4.69, 9.17) is 14.4 Å². The van der Waals surface area contributed by atoms with Gasteiger partial charge in [0.15, 0.2) is 5.25 Å². The Labute approximate surface area is 284 Å². The molecule has 0 aliphatic carbocycles. The molecule has 0 radical (unpaired) electrons. The summed E-state index contributed by atoms with van der Waals surface area (Å²) in [5.74, 6) is -2.69. The number of hydrogen-bond donors (Lipinski definition) is 2. The molecule has 8 heteroatoms. The Hall–Kier alpha value is -1.15.